The van der Waals surface area contributed by atoms with Gasteiger partial charge in [-0.15, -0.1) is 0 Å². The first-order valence-electron chi connectivity index (χ1n) is 5.06. The lowest BCUT2D eigenvalue weighted by molar-refractivity contribution is 0.590. The van der Waals surface area contributed by atoms with Crippen LogP contribution in [0.4, 0.5) is 0 Å². The molecule has 0 aliphatic heterocycles. The third kappa shape index (κ3) is 3.71. The first-order chi connectivity index (χ1) is 6.86. The predicted octanol–water partition coefficient (Wildman–Crippen LogP) is 2.10. The second-order valence-corrected chi connectivity index (χ2v) is 3.51. The Kier molecular flexibility index (Phi) is 4.94. The second-order valence-electron chi connectivity index (χ2n) is 3.51. The Bertz CT molecular complexity index is 256. The van der Waals surface area contributed by atoms with Crippen LogP contribution < -0.4 is 5.32 Å². The molecule has 0 saturated heterocycles. The van der Waals surface area contributed by atoms with Gasteiger partial charge in [-0.2, -0.15) is 0 Å². The topological polar surface area (TPSA) is 35.9 Å². The molecule has 0 bridgehead atoms. The van der Waals surface area contributed by atoms with Crippen molar-refractivity contribution < 1.29 is 0 Å². The Balaban J connectivity index is 2.35. The molecule has 1 rings (SSSR count). The van der Waals surface area contributed by atoms with E-state index in [2.05, 4.69) is 29.6 Å². The monoisotopic (exact) mass is 190 g/mol. The molecule has 0 aliphatic rings. The summed E-state index contributed by atoms with van der Waals surface area (Å²) in [6.45, 7) is 0.899. The molecule has 14 heavy (non-hydrogen) atoms. The quantitative estimate of drug-likeness (QED) is 0.662. The van der Waals surface area contributed by atoms with Crippen LogP contribution >= 0.6 is 0 Å². The van der Waals surface area contributed by atoms with Crippen LogP contribution in [0.15, 0.2) is 30.3 Å². The molecule has 2 nitrogen and oxygen atoms in total. The minimum atomic E-state index is 0.361. The van der Waals surface area contributed by atoms with E-state index >= 15 is 0 Å². The van der Waals surface area contributed by atoms with E-state index in [1.165, 1.54) is 5.56 Å². The molecule has 0 saturated carbocycles. The van der Waals surface area contributed by atoms with Gasteiger partial charge in [-0.25, -0.2) is 0 Å². The van der Waals surface area contributed by atoms with Gasteiger partial charge in [0, 0.05) is 12.5 Å². The molecular weight excluding hydrogens is 172 g/mol. The molecule has 0 amide bonds. The summed E-state index contributed by atoms with van der Waals surface area (Å²) in [6.07, 6.45) is 3.65. The van der Waals surface area contributed by atoms with Crippen molar-refractivity contribution in [1.82, 2.24) is 5.32 Å². The largest absolute Gasteiger partial charge is 0.319 e. The van der Waals surface area contributed by atoms with E-state index in [1.807, 2.05) is 13.1 Å². The number of benzene rings is 1. The Labute approximate surface area is 85.9 Å². The molecule has 1 aromatic rings. The standard InChI is InChI=1S/C12H18N2/c1-14-10-12(9-13)8-7-11-5-3-2-4-6-11/h2-6,9,12-14H,7-8,10H2,1H3. The van der Waals surface area contributed by atoms with Crippen molar-refractivity contribution in [3.63, 3.8) is 0 Å². The van der Waals surface area contributed by atoms with Crippen LogP contribution in [-0.4, -0.2) is 19.8 Å². The van der Waals surface area contributed by atoms with Crippen LogP contribution in [0.1, 0.15) is 12.0 Å². The molecule has 0 heterocycles. The lowest BCUT2D eigenvalue weighted by Crippen LogP contribution is -2.20. The van der Waals surface area contributed by atoms with E-state index in [0.717, 1.165) is 19.4 Å². The first kappa shape index (κ1) is 10.9. The zero-order valence-electron chi connectivity index (χ0n) is 8.66. The third-order valence-electron chi connectivity index (χ3n) is 2.35. The van der Waals surface area contributed by atoms with E-state index in [9.17, 15) is 0 Å². The van der Waals surface area contributed by atoms with Crippen LogP contribution in [0.25, 0.3) is 0 Å². The van der Waals surface area contributed by atoms with Gasteiger partial charge in [-0.05, 0) is 31.7 Å². The van der Waals surface area contributed by atoms with E-state index in [1.54, 1.807) is 6.21 Å². The summed E-state index contributed by atoms with van der Waals surface area (Å²) in [5, 5.41) is 10.4. The van der Waals surface area contributed by atoms with E-state index in [-0.39, 0.29) is 0 Å². The maximum Gasteiger partial charge on any atom is 0.00633 e. The van der Waals surface area contributed by atoms with Gasteiger partial charge in [0.2, 0.25) is 0 Å². The Morgan fingerprint density at radius 3 is 2.64 bits per heavy atom. The summed E-state index contributed by atoms with van der Waals surface area (Å²) in [5.41, 5.74) is 1.36. The number of aryl methyl sites for hydroxylation is 1. The maximum atomic E-state index is 7.26. The van der Waals surface area contributed by atoms with Crippen LogP contribution in [0.2, 0.25) is 0 Å². The fourth-order valence-corrected chi connectivity index (χ4v) is 1.50. The van der Waals surface area contributed by atoms with Crippen molar-refractivity contribution in [3.8, 4) is 0 Å². The van der Waals surface area contributed by atoms with Crippen molar-refractivity contribution >= 4 is 6.21 Å². The lowest BCUT2D eigenvalue weighted by Gasteiger charge is -2.10. The molecule has 0 fully saturated rings. The number of hydrogen-bond donors (Lipinski definition) is 2. The van der Waals surface area contributed by atoms with Crippen molar-refractivity contribution in [1.29, 1.82) is 5.41 Å². The fraction of sp³-hybridized carbons (Fsp3) is 0.417. The van der Waals surface area contributed by atoms with Gasteiger partial charge in [0.05, 0.1) is 0 Å². The van der Waals surface area contributed by atoms with Crippen LogP contribution in [0.5, 0.6) is 0 Å². The molecule has 0 aromatic heterocycles. The Hall–Kier alpha value is -1.15. The molecular formula is C12H18N2. The minimum Gasteiger partial charge on any atom is -0.319 e. The highest BCUT2D eigenvalue weighted by atomic mass is 14.8. The van der Waals surface area contributed by atoms with Crippen LogP contribution in [0.3, 0.4) is 0 Å². The number of rotatable bonds is 6. The summed E-state index contributed by atoms with van der Waals surface area (Å²) >= 11 is 0. The van der Waals surface area contributed by atoms with Crippen molar-refractivity contribution in [3.05, 3.63) is 35.9 Å². The zero-order chi connectivity index (χ0) is 10.2. The summed E-state index contributed by atoms with van der Waals surface area (Å²) in [7, 11) is 1.93. The molecule has 0 radical (unpaired) electrons. The average molecular weight is 190 g/mol. The summed E-state index contributed by atoms with van der Waals surface area (Å²) < 4.78 is 0. The maximum absolute atomic E-state index is 7.26. The van der Waals surface area contributed by atoms with Gasteiger partial charge < -0.3 is 10.7 Å². The van der Waals surface area contributed by atoms with Gasteiger partial charge in [0.25, 0.3) is 0 Å². The van der Waals surface area contributed by atoms with Gasteiger partial charge in [-0.1, -0.05) is 30.3 Å². The molecule has 76 valence electrons. The predicted molar refractivity (Wildman–Crippen MR) is 61.0 cm³/mol. The Morgan fingerprint density at radius 1 is 1.36 bits per heavy atom. The molecule has 0 spiro atoms. The number of hydrogen-bond acceptors (Lipinski definition) is 2. The molecule has 2 heteroatoms. The van der Waals surface area contributed by atoms with E-state index in [4.69, 9.17) is 5.41 Å². The van der Waals surface area contributed by atoms with Crippen molar-refractivity contribution in [2.75, 3.05) is 13.6 Å². The normalized spacial score (nSPS) is 12.4. The van der Waals surface area contributed by atoms with Crippen molar-refractivity contribution in [2.45, 2.75) is 12.8 Å². The summed E-state index contributed by atoms with van der Waals surface area (Å²) in [5.74, 6) is 0.361. The van der Waals surface area contributed by atoms with Gasteiger partial charge in [0.15, 0.2) is 0 Å². The number of nitrogens with one attached hydrogen (secondary N) is 2. The van der Waals surface area contributed by atoms with Gasteiger partial charge in [-0.3, -0.25) is 0 Å². The third-order valence-corrected chi connectivity index (χ3v) is 2.35. The van der Waals surface area contributed by atoms with Crippen LogP contribution in [0, 0.1) is 11.3 Å². The smallest absolute Gasteiger partial charge is 0.00633 e. The molecule has 2 N–H and O–H groups in total. The van der Waals surface area contributed by atoms with Gasteiger partial charge >= 0.3 is 0 Å². The second kappa shape index (κ2) is 6.33. The fourth-order valence-electron chi connectivity index (χ4n) is 1.50. The Morgan fingerprint density at radius 2 is 2.07 bits per heavy atom. The summed E-state index contributed by atoms with van der Waals surface area (Å²) in [4.78, 5) is 0. The highest BCUT2D eigenvalue weighted by Gasteiger charge is 2.03. The van der Waals surface area contributed by atoms with E-state index < -0.39 is 0 Å². The molecule has 1 atom stereocenters. The summed E-state index contributed by atoms with van der Waals surface area (Å²) in [6, 6.07) is 10.4. The van der Waals surface area contributed by atoms with Crippen molar-refractivity contribution in [2.24, 2.45) is 5.92 Å². The molecule has 0 aliphatic carbocycles. The zero-order valence-corrected chi connectivity index (χ0v) is 8.66. The average Bonchev–Trinajstić information content (AvgIpc) is 2.25. The highest BCUT2D eigenvalue weighted by Crippen LogP contribution is 2.07. The van der Waals surface area contributed by atoms with Gasteiger partial charge in [0.1, 0.15) is 0 Å². The molecule has 1 unspecified atom stereocenters. The first-order valence-corrected chi connectivity index (χ1v) is 5.06. The van der Waals surface area contributed by atoms with Crippen LogP contribution in [-0.2, 0) is 6.42 Å². The molecule has 1 aromatic carbocycles. The van der Waals surface area contributed by atoms with E-state index in [0.29, 0.717) is 5.92 Å². The minimum absolute atomic E-state index is 0.361. The SMILES string of the molecule is CNCC(C=N)CCc1ccccc1. The lowest BCUT2D eigenvalue weighted by atomic mass is 10.0. The highest BCUT2D eigenvalue weighted by molar-refractivity contribution is 5.57.